The minimum absolute atomic E-state index is 0.0620. The molecule has 6 nitrogen and oxygen atoms in total. The first-order chi connectivity index (χ1) is 15.8. The van der Waals surface area contributed by atoms with E-state index < -0.39 is 27.8 Å². The fraction of sp³-hybridized carbons (Fsp3) is 0.292. The average Bonchev–Trinajstić information content (AvgIpc) is 3.44. The van der Waals surface area contributed by atoms with E-state index in [-0.39, 0.29) is 29.6 Å². The molecule has 2 aliphatic heterocycles. The first kappa shape index (κ1) is 22.3. The molecule has 2 aliphatic rings. The number of nitrogens with two attached hydrogens (primary N) is 1. The van der Waals surface area contributed by atoms with E-state index in [9.17, 15) is 17.6 Å². The number of sulfonamides is 1. The van der Waals surface area contributed by atoms with Crippen LogP contribution in [-0.4, -0.2) is 33.5 Å². The molecule has 9 heteroatoms. The number of benzene rings is 3. The molecule has 0 spiro atoms. The number of nitrogens with zero attached hydrogens (tertiary/aromatic N) is 1. The molecule has 3 N–H and O–H groups in total. The van der Waals surface area contributed by atoms with Gasteiger partial charge in [-0.05, 0) is 53.6 Å². The van der Waals surface area contributed by atoms with Crippen molar-refractivity contribution in [3.8, 4) is 0 Å². The van der Waals surface area contributed by atoms with Crippen LogP contribution in [0.15, 0.2) is 59.5 Å². The Labute approximate surface area is 196 Å². The number of anilines is 1. The monoisotopic (exact) mass is 488 g/mol. The second kappa shape index (κ2) is 8.68. The van der Waals surface area contributed by atoms with Crippen molar-refractivity contribution in [3.63, 3.8) is 0 Å². The predicted octanol–water partition coefficient (Wildman–Crippen LogP) is 3.11. The van der Waals surface area contributed by atoms with Crippen LogP contribution in [-0.2, 0) is 14.8 Å². The first-order valence-electron chi connectivity index (χ1n) is 11.0. The van der Waals surface area contributed by atoms with Gasteiger partial charge < -0.3 is 10.2 Å². The molecule has 3 aromatic rings. The highest BCUT2D eigenvalue weighted by molar-refractivity contribution is 7.89. The number of rotatable bonds is 5. The molecule has 2 atom stereocenters. The van der Waals surface area contributed by atoms with Crippen LogP contribution in [0.4, 0.5) is 10.1 Å². The third-order valence-corrected chi connectivity index (χ3v) is 8.15. The van der Waals surface area contributed by atoms with E-state index in [2.05, 4.69) is 10.0 Å². The summed E-state index contributed by atoms with van der Waals surface area (Å²) in [5.74, 6) is -0.914. The van der Waals surface area contributed by atoms with E-state index in [0.717, 1.165) is 35.7 Å². The van der Waals surface area contributed by atoms with Crippen LogP contribution < -0.4 is 14.9 Å². The van der Waals surface area contributed by atoms with E-state index >= 15 is 0 Å². The zero-order valence-corrected chi connectivity index (χ0v) is 19.4. The summed E-state index contributed by atoms with van der Waals surface area (Å²) in [5, 5.41) is 4.30. The van der Waals surface area contributed by atoms with Crippen LogP contribution in [0, 0.1) is 5.82 Å². The summed E-state index contributed by atoms with van der Waals surface area (Å²) < 4.78 is 43.3. The van der Waals surface area contributed by atoms with Crippen LogP contribution in [0.25, 0.3) is 10.8 Å². The minimum Gasteiger partial charge on any atom is -0.340 e. The van der Waals surface area contributed by atoms with Crippen LogP contribution in [0.2, 0.25) is 5.02 Å². The predicted molar refractivity (Wildman–Crippen MR) is 125 cm³/mol. The molecular formula is C24H24ClFN3O3S+. The van der Waals surface area contributed by atoms with E-state index in [4.69, 9.17) is 11.6 Å². The Balaban J connectivity index is 1.33. The lowest BCUT2D eigenvalue weighted by Gasteiger charge is -2.19. The third kappa shape index (κ3) is 4.36. The lowest BCUT2D eigenvalue weighted by molar-refractivity contribution is -0.676. The van der Waals surface area contributed by atoms with Gasteiger partial charge in [0.15, 0.2) is 0 Å². The Morgan fingerprint density at radius 2 is 1.82 bits per heavy atom. The number of fused-ring (bicyclic) bond motifs is 1. The van der Waals surface area contributed by atoms with Crippen molar-refractivity contribution in [1.29, 1.82) is 0 Å². The van der Waals surface area contributed by atoms with Crippen molar-refractivity contribution in [2.75, 3.05) is 18.0 Å². The SMILES string of the molecule is O=C1[C@@H](NS(=O)(=O)c2ccc3cc(Cl)ccc3c2)CCN1c1ccc([C@H]2CCC[NH2+]2)cc1F. The zero-order valence-electron chi connectivity index (χ0n) is 17.8. The minimum atomic E-state index is -3.94. The Bertz CT molecular complexity index is 1340. The van der Waals surface area contributed by atoms with Crippen LogP contribution >= 0.6 is 11.6 Å². The van der Waals surface area contributed by atoms with E-state index in [1.807, 2.05) is 6.07 Å². The van der Waals surface area contributed by atoms with Crippen molar-refractivity contribution in [2.45, 2.75) is 36.2 Å². The summed E-state index contributed by atoms with van der Waals surface area (Å²) >= 11 is 5.99. The lowest BCUT2D eigenvalue weighted by Crippen LogP contribution is -2.81. The van der Waals surface area contributed by atoms with Gasteiger partial charge in [0.1, 0.15) is 17.9 Å². The number of halogens is 2. The number of quaternary nitrogens is 1. The third-order valence-electron chi connectivity index (χ3n) is 6.45. The molecular weight excluding hydrogens is 465 g/mol. The molecule has 3 aromatic carbocycles. The van der Waals surface area contributed by atoms with Gasteiger partial charge in [-0.25, -0.2) is 12.8 Å². The van der Waals surface area contributed by atoms with Crippen molar-refractivity contribution in [1.82, 2.24) is 4.72 Å². The number of hydrogen-bond acceptors (Lipinski definition) is 3. The maximum Gasteiger partial charge on any atom is 0.245 e. The maximum atomic E-state index is 14.9. The topological polar surface area (TPSA) is 83.1 Å². The quantitative estimate of drug-likeness (QED) is 0.579. The highest BCUT2D eigenvalue weighted by atomic mass is 35.5. The van der Waals surface area contributed by atoms with Crippen molar-refractivity contribution in [3.05, 3.63) is 71.0 Å². The molecule has 0 aliphatic carbocycles. The van der Waals surface area contributed by atoms with Gasteiger partial charge in [-0.1, -0.05) is 29.8 Å². The van der Waals surface area contributed by atoms with E-state index in [1.165, 1.54) is 17.0 Å². The van der Waals surface area contributed by atoms with Gasteiger partial charge in [0.2, 0.25) is 15.9 Å². The van der Waals surface area contributed by atoms with Gasteiger partial charge in [0, 0.05) is 30.0 Å². The summed E-state index contributed by atoms with van der Waals surface area (Å²) in [4.78, 5) is 14.4. The van der Waals surface area contributed by atoms with E-state index in [1.54, 1.807) is 36.4 Å². The summed E-state index contributed by atoms with van der Waals surface area (Å²) in [6, 6.07) is 14.2. The van der Waals surface area contributed by atoms with Crippen molar-refractivity contribution < 1.29 is 22.9 Å². The van der Waals surface area contributed by atoms with Gasteiger partial charge in [-0.3, -0.25) is 4.79 Å². The number of amides is 1. The highest BCUT2D eigenvalue weighted by Crippen LogP contribution is 2.29. The van der Waals surface area contributed by atoms with Crippen molar-refractivity contribution >= 4 is 44.0 Å². The Morgan fingerprint density at radius 1 is 1.03 bits per heavy atom. The van der Waals surface area contributed by atoms with Gasteiger partial charge in [-0.2, -0.15) is 4.72 Å². The number of carbonyl (C=O) groups is 1. The summed E-state index contributed by atoms with van der Waals surface area (Å²) in [6.45, 7) is 1.28. The molecule has 2 fully saturated rings. The molecule has 33 heavy (non-hydrogen) atoms. The van der Waals surface area contributed by atoms with Gasteiger partial charge in [0.05, 0.1) is 17.1 Å². The van der Waals surface area contributed by atoms with E-state index in [0.29, 0.717) is 5.02 Å². The summed E-state index contributed by atoms with van der Waals surface area (Å²) in [7, 11) is -3.94. The highest BCUT2D eigenvalue weighted by Gasteiger charge is 2.37. The summed E-state index contributed by atoms with van der Waals surface area (Å²) in [6.07, 6.45) is 2.37. The maximum absolute atomic E-state index is 14.9. The molecule has 1 amide bonds. The largest absolute Gasteiger partial charge is 0.340 e. The van der Waals surface area contributed by atoms with Crippen LogP contribution in [0.5, 0.6) is 0 Å². The molecule has 2 saturated heterocycles. The van der Waals surface area contributed by atoms with Crippen molar-refractivity contribution in [2.24, 2.45) is 0 Å². The zero-order chi connectivity index (χ0) is 23.2. The second-order valence-electron chi connectivity index (χ2n) is 8.59. The fourth-order valence-electron chi connectivity index (χ4n) is 4.70. The summed E-state index contributed by atoms with van der Waals surface area (Å²) in [5.41, 5.74) is 1.10. The number of nitrogens with one attached hydrogen (secondary N) is 1. The molecule has 0 bridgehead atoms. The normalized spacial score (nSPS) is 21.3. The number of carbonyl (C=O) groups excluding carboxylic acids is 1. The average molecular weight is 489 g/mol. The lowest BCUT2D eigenvalue weighted by atomic mass is 10.0. The second-order valence-corrected chi connectivity index (χ2v) is 10.7. The molecule has 5 rings (SSSR count). The first-order valence-corrected chi connectivity index (χ1v) is 12.8. The Kier molecular flexibility index (Phi) is 5.86. The Morgan fingerprint density at radius 3 is 2.58 bits per heavy atom. The van der Waals surface area contributed by atoms with Crippen LogP contribution in [0.1, 0.15) is 30.9 Å². The molecule has 2 heterocycles. The molecule has 0 radical (unpaired) electrons. The van der Waals surface area contributed by atoms with Gasteiger partial charge in [-0.15, -0.1) is 0 Å². The molecule has 0 saturated carbocycles. The standard InChI is InChI=1S/C24H23ClFN3O3S/c25-18-6-3-16-13-19(7-4-15(16)12-18)33(31,32)28-22-9-11-29(24(22)30)23-8-5-17(14-20(23)26)21-2-1-10-27-21/h3-8,12-14,21-22,27-28H,1-2,9-11H2/p+1/t21-,22+/m1/s1. The fourth-order valence-corrected chi connectivity index (χ4v) is 6.13. The molecule has 172 valence electrons. The number of hydrogen-bond donors (Lipinski definition) is 2. The molecule has 0 aromatic heterocycles. The smallest absolute Gasteiger partial charge is 0.245 e. The van der Waals surface area contributed by atoms with Crippen LogP contribution in [0.3, 0.4) is 0 Å². The van der Waals surface area contributed by atoms with Gasteiger partial charge >= 0.3 is 0 Å². The Hall–Kier alpha value is -2.52. The molecule has 0 unspecified atom stereocenters. The van der Waals surface area contributed by atoms with Gasteiger partial charge in [0.25, 0.3) is 0 Å².